The van der Waals surface area contributed by atoms with Crippen LogP contribution in [0.5, 0.6) is 11.5 Å². The number of morpholine rings is 1. The van der Waals surface area contributed by atoms with Crippen molar-refractivity contribution in [2.75, 3.05) is 43.6 Å². The molecule has 0 bridgehead atoms. The third-order valence-electron chi connectivity index (χ3n) is 4.59. The highest BCUT2D eigenvalue weighted by Gasteiger charge is 2.22. The normalized spacial score (nSPS) is 14.8. The second-order valence-corrected chi connectivity index (χ2v) is 6.57. The van der Waals surface area contributed by atoms with Gasteiger partial charge in [0.05, 0.1) is 20.3 Å². The molecular weight excluding hydrogens is 376 g/mol. The number of rotatable bonds is 6. The van der Waals surface area contributed by atoms with Crippen molar-refractivity contribution in [1.29, 1.82) is 0 Å². The van der Waals surface area contributed by atoms with Gasteiger partial charge in [-0.15, -0.1) is 0 Å². The molecule has 0 aliphatic carbocycles. The number of aromatic hydroxyl groups is 1. The summed E-state index contributed by atoms with van der Waals surface area (Å²) in [6.45, 7) is 4.52. The van der Waals surface area contributed by atoms with E-state index in [9.17, 15) is 14.7 Å². The number of esters is 1. The van der Waals surface area contributed by atoms with Crippen molar-refractivity contribution in [1.82, 2.24) is 0 Å². The molecule has 1 aliphatic rings. The zero-order chi connectivity index (χ0) is 20.8. The molecule has 2 aromatic rings. The molecule has 29 heavy (non-hydrogen) atoms. The van der Waals surface area contributed by atoms with Crippen LogP contribution in [0.2, 0.25) is 0 Å². The van der Waals surface area contributed by atoms with Gasteiger partial charge in [0.15, 0.2) is 6.10 Å². The first-order valence-electron chi connectivity index (χ1n) is 9.29. The van der Waals surface area contributed by atoms with Crippen molar-refractivity contribution in [3.8, 4) is 11.5 Å². The smallest absolute Gasteiger partial charge is 0.342 e. The van der Waals surface area contributed by atoms with Gasteiger partial charge in [-0.05, 0) is 49.4 Å². The van der Waals surface area contributed by atoms with E-state index in [2.05, 4.69) is 10.2 Å². The van der Waals surface area contributed by atoms with Crippen LogP contribution >= 0.6 is 0 Å². The number of phenols is 1. The average Bonchev–Trinajstić information content (AvgIpc) is 2.75. The molecule has 1 amide bonds. The Morgan fingerprint density at radius 3 is 2.48 bits per heavy atom. The first kappa shape index (κ1) is 20.5. The lowest BCUT2D eigenvalue weighted by Crippen LogP contribution is -2.36. The molecule has 2 aromatic carbocycles. The fourth-order valence-electron chi connectivity index (χ4n) is 2.90. The van der Waals surface area contributed by atoms with Crippen molar-refractivity contribution in [2.45, 2.75) is 13.0 Å². The molecule has 0 radical (unpaired) electrons. The number of amides is 1. The van der Waals surface area contributed by atoms with Gasteiger partial charge < -0.3 is 29.5 Å². The number of phenolic OH excluding ortho intramolecular Hbond substituents is 1. The quantitative estimate of drug-likeness (QED) is 0.719. The van der Waals surface area contributed by atoms with Crippen molar-refractivity contribution in [3.05, 3.63) is 48.0 Å². The third kappa shape index (κ3) is 5.17. The summed E-state index contributed by atoms with van der Waals surface area (Å²) >= 11 is 0. The van der Waals surface area contributed by atoms with Gasteiger partial charge in [-0.3, -0.25) is 4.79 Å². The summed E-state index contributed by atoms with van der Waals surface area (Å²) in [4.78, 5) is 26.9. The van der Waals surface area contributed by atoms with Gasteiger partial charge in [0.2, 0.25) is 0 Å². The number of benzene rings is 2. The second kappa shape index (κ2) is 9.29. The molecule has 1 saturated heterocycles. The van der Waals surface area contributed by atoms with Crippen LogP contribution in [0.25, 0.3) is 0 Å². The Bertz CT molecular complexity index is 862. The third-order valence-corrected chi connectivity index (χ3v) is 4.59. The van der Waals surface area contributed by atoms with Gasteiger partial charge in [-0.25, -0.2) is 4.79 Å². The highest BCUT2D eigenvalue weighted by Crippen LogP contribution is 2.24. The van der Waals surface area contributed by atoms with Crippen LogP contribution in [-0.4, -0.2) is 56.5 Å². The van der Waals surface area contributed by atoms with E-state index >= 15 is 0 Å². The van der Waals surface area contributed by atoms with E-state index in [0.29, 0.717) is 24.7 Å². The molecule has 8 nitrogen and oxygen atoms in total. The van der Waals surface area contributed by atoms with Crippen molar-refractivity contribution < 1.29 is 28.9 Å². The molecule has 1 fully saturated rings. The van der Waals surface area contributed by atoms with Gasteiger partial charge >= 0.3 is 5.97 Å². The minimum absolute atomic E-state index is 0.0705. The molecule has 1 atom stereocenters. The lowest BCUT2D eigenvalue weighted by molar-refractivity contribution is -0.123. The zero-order valence-corrected chi connectivity index (χ0v) is 16.4. The van der Waals surface area contributed by atoms with E-state index < -0.39 is 18.0 Å². The monoisotopic (exact) mass is 400 g/mol. The van der Waals surface area contributed by atoms with Crippen LogP contribution in [-0.2, 0) is 14.3 Å². The first-order chi connectivity index (χ1) is 14.0. The lowest BCUT2D eigenvalue weighted by Gasteiger charge is -2.28. The maximum Gasteiger partial charge on any atom is 0.342 e. The highest BCUT2D eigenvalue weighted by atomic mass is 16.5. The predicted molar refractivity (Wildman–Crippen MR) is 108 cm³/mol. The van der Waals surface area contributed by atoms with Crippen LogP contribution in [0.4, 0.5) is 11.4 Å². The van der Waals surface area contributed by atoms with E-state index in [-0.39, 0.29) is 11.3 Å². The highest BCUT2D eigenvalue weighted by molar-refractivity contribution is 5.98. The number of carbonyl (C=O) groups is 2. The van der Waals surface area contributed by atoms with Crippen LogP contribution in [0, 0.1) is 0 Å². The standard InChI is InChI=1S/C21H24N2O6/c1-14(29-21(26)18-13-17(27-2)7-8-19(18)24)20(25)22-15-3-5-16(6-4-15)23-9-11-28-12-10-23/h3-8,13-14,24H,9-12H2,1-2H3,(H,22,25)/t14-/m0/s1. The van der Waals surface area contributed by atoms with E-state index in [1.165, 1.54) is 32.2 Å². The summed E-state index contributed by atoms with van der Waals surface area (Å²) in [6.07, 6.45) is -1.05. The Morgan fingerprint density at radius 2 is 1.83 bits per heavy atom. The summed E-state index contributed by atoms with van der Waals surface area (Å²) in [7, 11) is 1.45. The molecule has 0 saturated carbocycles. The van der Waals surface area contributed by atoms with E-state index in [4.69, 9.17) is 14.2 Å². The Balaban J connectivity index is 1.58. The Kier molecular flexibility index (Phi) is 6.56. The molecule has 3 rings (SSSR count). The molecular formula is C21H24N2O6. The molecule has 8 heteroatoms. The minimum atomic E-state index is -1.05. The molecule has 1 aliphatic heterocycles. The summed E-state index contributed by atoms with van der Waals surface area (Å²) in [5.41, 5.74) is 1.58. The van der Waals surface area contributed by atoms with Crippen LogP contribution in [0.1, 0.15) is 17.3 Å². The van der Waals surface area contributed by atoms with Gasteiger partial charge in [-0.1, -0.05) is 0 Å². The summed E-state index contributed by atoms with van der Waals surface area (Å²) in [5, 5.41) is 12.6. The van der Waals surface area contributed by atoms with Gasteiger partial charge in [0, 0.05) is 24.5 Å². The molecule has 0 aromatic heterocycles. The number of nitrogens with zero attached hydrogens (tertiary/aromatic N) is 1. The van der Waals surface area contributed by atoms with Crippen molar-refractivity contribution >= 4 is 23.3 Å². The Labute approximate surface area is 169 Å². The van der Waals surface area contributed by atoms with Gasteiger partial charge in [-0.2, -0.15) is 0 Å². The SMILES string of the molecule is COc1ccc(O)c(C(=O)O[C@@H](C)C(=O)Nc2ccc(N3CCOCC3)cc2)c1. The average molecular weight is 400 g/mol. The van der Waals surface area contributed by atoms with Gasteiger partial charge in [0.1, 0.15) is 17.1 Å². The van der Waals surface area contributed by atoms with Gasteiger partial charge in [0.25, 0.3) is 5.91 Å². The van der Waals surface area contributed by atoms with Crippen LogP contribution < -0.4 is 15.0 Å². The number of hydrogen-bond acceptors (Lipinski definition) is 7. The summed E-state index contributed by atoms with van der Waals surface area (Å²) in [6, 6.07) is 11.6. The molecule has 0 spiro atoms. The topological polar surface area (TPSA) is 97.3 Å². The minimum Gasteiger partial charge on any atom is -0.507 e. The number of carbonyl (C=O) groups excluding carboxylic acids is 2. The fraction of sp³-hybridized carbons (Fsp3) is 0.333. The zero-order valence-electron chi connectivity index (χ0n) is 16.4. The number of methoxy groups -OCH3 is 1. The number of nitrogens with one attached hydrogen (secondary N) is 1. The molecule has 154 valence electrons. The Hall–Kier alpha value is -3.26. The summed E-state index contributed by atoms with van der Waals surface area (Å²) < 4.78 is 15.6. The fourth-order valence-corrected chi connectivity index (χ4v) is 2.90. The largest absolute Gasteiger partial charge is 0.507 e. The molecule has 0 unspecified atom stereocenters. The number of ether oxygens (including phenoxy) is 3. The molecule has 1 heterocycles. The van der Waals surface area contributed by atoms with E-state index in [0.717, 1.165) is 18.8 Å². The first-order valence-corrected chi connectivity index (χ1v) is 9.29. The lowest BCUT2D eigenvalue weighted by atomic mass is 10.2. The summed E-state index contributed by atoms with van der Waals surface area (Å²) in [5.74, 6) is -1.14. The van der Waals surface area contributed by atoms with Crippen LogP contribution in [0.3, 0.4) is 0 Å². The molecule has 2 N–H and O–H groups in total. The Morgan fingerprint density at radius 1 is 1.14 bits per heavy atom. The second-order valence-electron chi connectivity index (χ2n) is 6.57. The number of anilines is 2. The maximum absolute atomic E-state index is 12.4. The van der Waals surface area contributed by atoms with E-state index in [1.807, 2.05) is 12.1 Å². The predicted octanol–water partition coefficient (Wildman–Crippen LogP) is 2.42. The van der Waals surface area contributed by atoms with Crippen LogP contribution in [0.15, 0.2) is 42.5 Å². The van der Waals surface area contributed by atoms with Crippen molar-refractivity contribution in [3.63, 3.8) is 0 Å². The number of hydrogen-bond donors (Lipinski definition) is 2. The van der Waals surface area contributed by atoms with Crippen molar-refractivity contribution in [2.24, 2.45) is 0 Å². The maximum atomic E-state index is 12.4. The van der Waals surface area contributed by atoms with E-state index in [1.54, 1.807) is 12.1 Å².